The van der Waals surface area contributed by atoms with Crippen LogP contribution in [0.1, 0.15) is 11.1 Å². The van der Waals surface area contributed by atoms with E-state index in [2.05, 4.69) is 26.8 Å². The first-order valence-electron chi connectivity index (χ1n) is 7.71. The van der Waals surface area contributed by atoms with Gasteiger partial charge in [0.1, 0.15) is 17.3 Å². The van der Waals surface area contributed by atoms with Crippen LogP contribution in [0, 0.1) is 19.7 Å². The van der Waals surface area contributed by atoms with Gasteiger partial charge >= 0.3 is 0 Å². The van der Waals surface area contributed by atoms with Crippen molar-refractivity contribution < 1.29 is 23.5 Å². The Morgan fingerprint density at radius 2 is 1.58 bits per heavy atom. The first kappa shape index (κ1) is 19.7. The number of para-hydroxylation sites is 1. The quantitative estimate of drug-likeness (QED) is 0.698. The highest BCUT2D eigenvalue weighted by Crippen LogP contribution is 2.25. The summed E-state index contributed by atoms with van der Waals surface area (Å²) in [5.74, 6) is -0.555. The maximum absolute atomic E-state index is 13.0. The van der Waals surface area contributed by atoms with Gasteiger partial charge in [-0.15, -0.1) is 0 Å². The lowest BCUT2D eigenvalue weighted by Crippen LogP contribution is -2.45. The average molecular weight is 425 g/mol. The number of halogens is 2. The third-order valence-corrected chi connectivity index (χ3v) is 3.97. The molecule has 2 aromatic carbocycles. The molecule has 0 heterocycles. The molecule has 0 radical (unpaired) electrons. The zero-order valence-corrected chi connectivity index (χ0v) is 15.9. The Bertz CT molecular complexity index is 794. The van der Waals surface area contributed by atoms with E-state index < -0.39 is 17.6 Å². The number of carbonyl (C=O) groups is 2. The number of hydrogen-bond acceptors (Lipinski definition) is 4. The van der Waals surface area contributed by atoms with Gasteiger partial charge < -0.3 is 9.47 Å². The summed E-state index contributed by atoms with van der Waals surface area (Å²) >= 11 is 3.13. The molecule has 0 aliphatic carbocycles. The fraction of sp³-hybridized carbons (Fsp3) is 0.222. The lowest BCUT2D eigenvalue weighted by Gasteiger charge is -2.12. The Morgan fingerprint density at radius 1 is 1.00 bits per heavy atom. The molecule has 2 aromatic rings. The first-order valence-corrected chi connectivity index (χ1v) is 8.50. The molecule has 0 aromatic heterocycles. The minimum atomic E-state index is -0.568. The van der Waals surface area contributed by atoms with Crippen LogP contribution in [0.4, 0.5) is 4.39 Å². The Labute approximate surface area is 158 Å². The zero-order valence-electron chi connectivity index (χ0n) is 14.3. The molecule has 0 saturated heterocycles. The number of aryl methyl sites for hydroxylation is 2. The summed E-state index contributed by atoms with van der Waals surface area (Å²) in [7, 11) is 0. The Hall–Kier alpha value is -2.61. The molecule has 0 bridgehead atoms. The van der Waals surface area contributed by atoms with E-state index in [0.717, 1.165) is 11.1 Å². The van der Waals surface area contributed by atoms with Crippen LogP contribution >= 0.6 is 15.9 Å². The van der Waals surface area contributed by atoms with Crippen LogP contribution in [0.3, 0.4) is 0 Å². The van der Waals surface area contributed by atoms with Crippen molar-refractivity contribution in [3.05, 3.63) is 57.8 Å². The van der Waals surface area contributed by atoms with Crippen LogP contribution < -0.4 is 20.3 Å². The van der Waals surface area contributed by atoms with Crippen molar-refractivity contribution in [1.29, 1.82) is 0 Å². The largest absolute Gasteiger partial charge is 0.483 e. The van der Waals surface area contributed by atoms with Gasteiger partial charge in [-0.2, -0.15) is 0 Å². The number of hydrogen-bond donors (Lipinski definition) is 2. The van der Waals surface area contributed by atoms with Gasteiger partial charge in [-0.1, -0.05) is 18.2 Å². The van der Waals surface area contributed by atoms with Crippen molar-refractivity contribution in [1.82, 2.24) is 10.9 Å². The predicted molar refractivity (Wildman–Crippen MR) is 97.3 cm³/mol. The summed E-state index contributed by atoms with van der Waals surface area (Å²) in [4.78, 5) is 23.5. The van der Waals surface area contributed by atoms with Crippen molar-refractivity contribution in [2.24, 2.45) is 0 Å². The number of carbonyl (C=O) groups excluding carboxylic acids is 2. The van der Waals surface area contributed by atoms with Crippen molar-refractivity contribution in [3.8, 4) is 11.5 Å². The van der Waals surface area contributed by atoms with E-state index in [9.17, 15) is 14.0 Å². The van der Waals surface area contributed by atoms with Crippen LogP contribution in [0.25, 0.3) is 0 Å². The van der Waals surface area contributed by atoms with Crippen LogP contribution in [0.2, 0.25) is 0 Å². The Kier molecular flexibility index (Phi) is 6.97. The molecule has 2 N–H and O–H groups in total. The van der Waals surface area contributed by atoms with Crippen LogP contribution in [0.15, 0.2) is 40.9 Å². The minimum Gasteiger partial charge on any atom is -0.483 e. The SMILES string of the molecule is Cc1cccc(C)c1OCC(=O)NNC(=O)COc1ccc(F)cc1Br. The highest BCUT2D eigenvalue weighted by molar-refractivity contribution is 9.10. The molecule has 8 heteroatoms. The summed E-state index contributed by atoms with van der Waals surface area (Å²) in [6.07, 6.45) is 0. The predicted octanol–water partition coefficient (Wildman–Crippen LogP) is 2.81. The van der Waals surface area contributed by atoms with Crippen LogP contribution in [-0.4, -0.2) is 25.0 Å². The molecule has 0 unspecified atom stereocenters. The summed E-state index contributed by atoms with van der Waals surface area (Å²) in [6.45, 7) is 3.18. The maximum atomic E-state index is 13.0. The second-order valence-electron chi connectivity index (χ2n) is 5.47. The molecule has 6 nitrogen and oxygen atoms in total. The van der Waals surface area contributed by atoms with E-state index in [0.29, 0.717) is 16.0 Å². The van der Waals surface area contributed by atoms with Crippen molar-refractivity contribution in [2.75, 3.05) is 13.2 Å². The van der Waals surface area contributed by atoms with Gasteiger partial charge in [-0.25, -0.2) is 4.39 Å². The van der Waals surface area contributed by atoms with Gasteiger partial charge in [0.2, 0.25) is 0 Å². The average Bonchev–Trinajstić information content (AvgIpc) is 2.58. The lowest BCUT2D eigenvalue weighted by atomic mass is 10.1. The van der Waals surface area contributed by atoms with Gasteiger partial charge in [0.15, 0.2) is 13.2 Å². The summed E-state index contributed by atoms with van der Waals surface area (Å²) < 4.78 is 24.1. The van der Waals surface area contributed by atoms with Crippen molar-refractivity contribution in [2.45, 2.75) is 13.8 Å². The molecule has 0 aliphatic rings. The number of hydrazine groups is 1. The molecule has 26 heavy (non-hydrogen) atoms. The molecule has 0 spiro atoms. The monoisotopic (exact) mass is 424 g/mol. The molecule has 2 rings (SSSR count). The molecular weight excluding hydrogens is 407 g/mol. The maximum Gasteiger partial charge on any atom is 0.276 e. The van der Waals surface area contributed by atoms with Crippen molar-refractivity contribution >= 4 is 27.7 Å². The third kappa shape index (κ3) is 5.73. The molecule has 2 amide bonds. The standard InChI is InChI=1S/C18H18BrFN2O4/c1-11-4-3-5-12(2)18(11)26-10-17(24)22-21-16(23)9-25-15-7-6-13(20)8-14(15)19/h3-8H,9-10H2,1-2H3,(H,21,23)(H,22,24). The molecule has 0 saturated carbocycles. The second kappa shape index (κ2) is 9.19. The number of amides is 2. The summed E-state index contributed by atoms with van der Waals surface area (Å²) in [5, 5.41) is 0. The van der Waals surface area contributed by atoms with E-state index in [4.69, 9.17) is 9.47 Å². The molecule has 138 valence electrons. The number of rotatable bonds is 6. The highest BCUT2D eigenvalue weighted by atomic mass is 79.9. The minimum absolute atomic E-state index is 0.240. The van der Waals surface area contributed by atoms with E-state index in [1.807, 2.05) is 32.0 Å². The fourth-order valence-corrected chi connectivity index (χ4v) is 2.58. The summed E-state index contributed by atoms with van der Waals surface area (Å²) in [5.41, 5.74) is 6.29. The first-order chi connectivity index (χ1) is 12.4. The van der Waals surface area contributed by atoms with Crippen molar-refractivity contribution in [3.63, 3.8) is 0 Å². The van der Waals surface area contributed by atoms with Gasteiger partial charge in [-0.05, 0) is 59.1 Å². The Balaban J connectivity index is 1.74. The van der Waals surface area contributed by atoms with E-state index in [1.54, 1.807) is 0 Å². The summed E-state index contributed by atoms with van der Waals surface area (Å²) in [6, 6.07) is 9.49. The molecule has 0 fully saturated rings. The third-order valence-electron chi connectivity index (χ3n) is 3.35. The van der Waals surface area contributed by atoms with Gasteiger partial charge in [0.25, 0.3) is 11.8 Å². The zero-order chi connectivity index (χ0) is 19.1. The second-order valence-corrected chi connectivity index (χ2v) is 6.32. The lowest BCUT2D eigenvalue weighted by molar-refractivity contribution is -0.131. The van der Waals surface area contributed by atoms with E-state index in [1.165, 1.54) is 18.2 Å². The molecular formula is C18H18BrFN2O4. The highest BCUT2D eigenvalue weighted by Gasteiger charge is 2.10. The van der Waals surface area contributed by atoms with Crippen LogP contribution in [0.5, 0.6) is 11.5 Å². The normalized spacial score (nSPS) is 10.2. The molecule has 0 atom stereocenters. The molecule has 0 aliphatic heterocycles. The topological polar surface area (TPSA) is 76.7 Å². The van der Waals surface area contributed by atoms with Gasteiger partial charge in [-0.3, -0.25) is 20.4 Å². The fourth-order valence-electron chi connectivity index (χ4n) is 2.11. The van der Waals surface area contributed by atoms with E-state index >= 15 is 0 Å². The number of ether oxygens (including phenoxy) is 2. The van der Waals surface area contributed by atoms with E-state index in [-0.39, 0.29) is 13.2 Å². The Morgan fingerprint density at radius 3 is 2.15 bits per heavy atom. The number of benzene rings is 2. The smallest absolute Gasteiger partial charge is 0.276 e. The number of nitrogens with one attached hydrogen (secondary N) is 2. The van der Waals surface area contributed by atoms with Crippen LogP contribution in [-0.2, 0) is 9.59 Å². The van der Waals surface area contributed by atoms with Gasteiger partial charge in [0.05, 0.1) is 4.47 Å². The van der Waals surface area contributed by atoms with Gasteiger partial charge in [0, 0.05) is 0 Å².